The molecular weight excluding hydrogens is 424 g/mol. The van der Waals surface area contributed by atoms with Crippen LogP contribution in [0.15, 0.2) is 60.7 Å². The Balaban J connectivity index is 1.72. The van der Waals surface area contributed by atoms with Crippen LogP contribution in [0.1, 0.15) is 30.8 Å². The number of aliphatic carboxylic acids is 1. The Kier molecular flexibility index (Phi) is 5.70. The fraction of sp³-hybridized carbons (Fsp3) is 0.231. The van der Waals surface area contributed by atoms with Crippen LogP contribution in [0, 0.1) is 13.8 Å². The summed E-state index contributed by atoms with van der Waals surface area (Å²) in [6.45, 7) is 7.51. The molecule has 0 aliphatic heterocycles. The third-order valence-corrected chi connectivity index (χ3v) is 5.94. The Morgan fingerprint density at radius 1 is 1.06 bits per heavy atom. The number of imidazole rings is 1. The Labute approximate surface area is 192 Å². The molecule has 0 saturated heterocycles. The summed E-state index contributed by atoms with van der Waals surface area (Å²) in [4.78, 5) is 16.2. The van der Waals surface area contributed by atoms with Gasteiger partial charge in [-0.25, -0.2) is 9.78 Å². The van der Waals surface area contributed by atoms with Crippen molar-refractivity contribution in [3.05, 3.63) is 82.6 Å². The Bertz CT molecular complexity index is 1310. The predicted molar refractivity (Wildman–Crippen MR) is 128 cm³/mol. The molecular formula is C26H25ClN2O3. The first kappa shape index (κ1) is 21.9. The van der Waals surface area contributed by atoms with Crippen molar-refractivity contribution in [3.8, 4) is 16.9 Å². The zero-order valence-corrected chi connectivity index (χ0v) is 19.3. The maximum Gasteiger partial charge on any atom is 0.347 e. The largest absolute Gasteiger partial charge is 0.478 e. The zero-order chi connectivity index (χ0) is 23.0. The summed E-state index contributed by atoms with van der Waals surface area (Å²) in [5, 5.41) is 10.1. The van der Waals surface area contributed by atoms with E-state index in [1.165, 1.54) is 13.8 Å². The monoisotopic (exact) mass is 448 g/mol. The van der Waals surface area contributed by atoms with Gasteiger partial charge in [-0.05, 0) is 62.1 Å². The van der Waals surface area contributed by atoms with E-state index in [9.17, 15) is 9.90 Å². The minimum atomic E-state index is -1.34. The molecule has 0 fully saturated rings. The predicted octanol–water partition coefficient (Wildman–Crippen LogP) is 6.26. The molecule has 6 heteroatoms. The highest BCUT2D eigenvalue weighted by Crippen LogP contribution is 2.31. The molecule has 1 heterocycles. The van der Waals surface area contributed by atoms with E-state index in [1.807, 2.05) is 56.3 Å². The van der Waals surface area contributed by atoms with Crippen molar-refractivity contribution in [2.75, 3.05) is 0 Å². The Morgan fingerprint density at radius 3 is 2.44 bits per heavy atom. The van der Waals surface area contributed by atoms with E-state index in [2.05, 4.69) is 22.8 Å². The second-order valence-electron chi connectivity index (χ2n) is 8.44. The zero-order valence-electron chi connectivity index (χ0n) is 18.5. The first-order valence-electron chi connectivity index (χ1n) is 10.4. The van der Waals surface area contributed by atoms with Crippen molar-refractivity contribution in [1.29, 1.82) is 0 Å². The highest BCUT2D eigenvalue weighted by Gasteiger charge is 2.30. The maximum absolute atomic E-state index is 11.5. The molecule has 164 valence electrons. The molecule has 3 aromatic carbocycles. The van der Waals surface area contributed by atoms with Gasteiger partial charge >= 0.3 is 5.97 Å². The maximum atomic E-state index is 11.5. The van der Waals surface area contributed by atoms with Gasteiger partial charge in [0, 0.05) is 11.1 Å². The van der Waals surface area contributed by atoms with Gasteiger partial charge in [0.15, 0.2) is 5.60 Å². The van der Waals surface area contributed by atoms with E-state index >= 15 is 0 Å². The van der Waals surface area contributed by atoms with Gasteiger partial charge in [-0.3, -0.25) is 0 Å². The molecule has 0 saturated carbocycles. The van der Waals surface area contributed by atoms with Gasteiger partial charge in [0.05, 0.1) is 17.6 Å². The molecule has 0 aliphatic carbocycles. The van der Waals surface area contributed by atoms with Crippen LogP contribution in [-0.2, 0) is 11.3 Å². The molecule has 5 nitrogen and oxygen atoms in total. The lowest BCUT2D eigenvalue weighted by molar-refractivity contribution is -0.152. The average molecular weight is 449 g/mol. The van der Waals surface area contributed by atoms with Gasteiger partial charge in [0.2, 0.25) is 0 Å². The van der Waals surface area contributed by atoms with Gasteiger partial charge in [0.1, 0.15) is 11.6 Å². The van der Waals surface area contributed by atoms with Gasteiger partial charge in [-0.2, -0.15) is 0 Å². The van der Waals surface area contributed by atoms with Crippen molar-refractivity contribution < 1.29 is 14.6 Å². The molecule has 1 aromatic heterocycles. The highest BCUT2D eigenvalue weighted by molar-refractivity contribution is 6.31. The van der Waals surface area contributed by atoms with Crippen LogP contribution in [0.25, 0.3) is 22.2 Å². The molecule has 0 spiro atoms. The van der Waals surface area contributed by atoms with Crippen LogP contribution < -0.4 is 4.74 Å². The molecule has 0 atom stereocenters. The lowest BCUT2D eigenvalue weighted by Gasteiger charge is -2.22. The van der Waals surface area contributed by atoms with E-state index in [1.54, 1.807) is 0 Å². The number of hydrogen-bond donors (Lipinski definition) is 1. The Hall–Kier alpha value is -3.31. The molecule has 0 radical (unpaired) electrons. The van der Waals surface area contributed by atoms with Crippen molar-refractivity contribution in [2.45, 2.75) is 39.8 Å². The van der Waals surface area contributed by atoms with Gasteiger partial charge in [0.25, 0.3) is 0 Å². The average Bonchev–Trinajstić information content (AvgIpc) is 3.05. The van der Waals surface area contributed by atoms with E-state index in [0.29, 0.717) is 17.3 Å². The van der Waals surface area contributed by atoms with Crippen molar-refractivity contribution >= 4 is 28.6 Å². The quantitative estimate of drug-likeness (QED) is 0.378. The Morgan fingerprint density at radius 2 is 1.78 bits per heavy atom. The number of ether oxygens (including phenoxy) is 1. The standard InChI is InChI=1S/C26H25ClN2O3/c1-16-12-21(32-26(3,4)25(30)31)14-23-24(16)28-17(2)29(23)15-20-11-10-19(13-22(20)27)18-8-6-5-7-9-18/h5-14H,15H2,1-4H3,(H,30,31). The van der Waals surface area contributed by atoms with Crippen LogP contribution in [0.2, 0.25) is 5.02 Å². The second kappa shape index (κ2) is 8.32. The summed E-state index contributed by atoms with van der Waals surface area (Å²) in [7, 11) is 0. The van der Waals surface area contributed by atoms with E-state index in [4.69, 9.17) is 21.3 Å². The smallest absolute Gasteiger partial charge is 0.347 e. The molecule has 4 aromatic rings. The molecule has 0 bridgehead atoms. The van der Waals surface area contributed by atoms with Crippen LogP contribution in [0.3, 0.4) is 0 Å². The summed E-state index contributed by atoms with van der Waals surface area (Å²) in [5.41, 5.74) is 4.48. The fourth-order valence-corrected chi connectivity index (χ4v) is 3.97. The third-order valence-electron chi connectivity index (χ3n) is 5.59. The first-order chi connectivity index (χ1) is 15.2. The number of nitrogens with zero attached hydrogens (tertiary/aromatic N) is 2. The summed E-state index contributed by atoms with van der Waals surface area (Å²) >= 11 is 6.66. The van der Waals surface area contributed by atoms with E-state index < -0.39 is 11.6 Å². The highest BCUT2D eigenvalue weighted by atomic mass is 35.5. The van der Waals surface area contributed by atoms with E-state index in [0.717, 1.165) is 39.1 Å². The number of carboxylic acid groups (broad SMARTS) is 1. The number of aromatic nitrogens is 2. The second-order valence-corrected chi connectivity index (χ2v) is 8.85. The topological polar surface area (TPSA) is 64.3 Å². The molecule has 0 aliphatic rings. The van der Waals surface area contributed by atoms with Gasteiger partial charge < -0.3 is 14.4 Å². The van der Waals surface area contributed by atoms with Crippen LogP contribution in [0.4, 0.5) is 0 Å². The van der Waals surface area contributed by atoms with Crippen molar-refractivity contribution in [3.63, 3.8) is 0 Å². The number of carboxylic acids is 1. The van der Waals surface area contributed by atoms with E-state index in [-0.39, 0.29) is 0 Å². The molecule has 32 heavy (non-hydrogen) atoms. The number of hydrogen-bond acceptors (Lipinski definition) is 3. The number of halogens is 1. The van der Waals surface area contributed by atoms with Crippen molar-refractivity contribution in [2.24, 2.45) is 0 Å². The number of rotatable bonds is 6. The van der Waals surface area contributed by atoms with Crippen molar-refractivity contribution in [1.82, 2.24) is 9.55 Å². The molecule has 0 unspecified atom stereocenters. The van der Waals surface area contributed by atoms with Crippen LogP contribution in [0.5, 0.6) is 5.75 Å². The molecule has 1 N–H and O–H groups in total. The normalized spacial score (nSPS) is 11.7. The lowest BCUT2D eigenvalue weighted by Crippen LogP contribution is -2.37. The number of carbonyl (C=O) groups is 1. The minimum Gasteiger partial charge on any atom is -0.478 e. The summed E-state index contributed by atoms with van der Waals surface area (Å²) < 4.78 is 7.86. The lowest BCUT2D eigenvalue weighted by atomic mass is 10.0. The van der Waals surface area contributed by atoms with Crippen LogP contribution in [-0.4, -0.2) is 26.2 Å². The van der Waals surface area contributed by atoms with Crippen LogP contribution >= 0.6 is 11.6 Å². The first-order valence-corrected chi connectivity index (χ1v) is 10.8. The molecule has 4 rings (SSSR count). The van der Waals surface area contributed by atoms with Gasteiger partial charge in [-0.1, -0.05) is 54.1 Å². The number of benzene rings is 3. The SMILES string of the molecule is Cc1cc(OC(C)(C)C(=O)O)cc2c1nc(C)n2Cc1ccc(-c2ccccc2)cc1Cl. The number of fused-ring (bicyclic) bond motifs is 1. The third kappa shape index (κ3) is 4.21. The summed E-state index contributed by atoms with van der Waals surface area (Å²) in [6, 6.07) is 19.9. The summed E-state index contributed by atoms with van der Waals surface area (Å²) in [6.07, 6.45) is 0. The number of aryl methyl sites for hydroxylation is 2. The molecule has 0 amide bonds. The minimum absolute atomic E-state index is 0.495. The summed E-state index contributed by atoms with van der Waals surface area (Å²) in [5.74, 6) is 0.320. The van der Waals surface area contributed by atoms with Gasteiger partial charge in [-0.15, -0.1) is 0 Å². The fourth-order valence-electron chi connectivity index (χ4n) is 3.73.